The number of aliphatic hydroxyl groups is 2. The summed E-state index contributed by atoms with van der Waals surface area (Å²) in [5.41, 5.74) is 0.780. The Morgan fingerprint density at radius 1 is 1.11 bits per heavy atom. The lowest BCUT2D eigenvalue weighted by molar-refractivity contribution is -0.142. The average molecular weight is 514 g/mol. The maximum absolute atomic E-state index is 13.6. The van der Waals surface area contributed by atoms with E-state index in [1.165, 1.54) is 7.11 Å². The van der Waals surface area contributed by atoms with Crippen LogP contribution >= 0.6 is 0 Å². The highest BCUT2D eigenvalue weighted by Gasteiger charge is 2.36. The fraction of sp³-hybridized carbons (Fsp3) is 0.370. The summed E-state index contributed by atoms with van der Waals surface area (Å²) in [4.78, 5) is 40.5. The molecule has 37 heavy (non-hydrogen) atoms. The summed E-state index contributed by atoms with van der Waals surface area (Å²) in [6, 6.07) is 10.9. The van der Waals surface area contributed by atoms with Gasteiger partial charge in [-0.1, -0.05) is 30.9 Å². The maximum atomic E-state index is 13.6. The molecular weight excluding hydrogens is 478 g/mol. The Labute approximate surface area is 216 Å². The SMILES string of the molecule is C=Cc1cccc(C(C(=O)Nc2ccc(OC)cc2)N(CCO)C(=O)C(CO)NC(=O)OC(C)(C)C)c1. The molecule has 2 aromatic rings. The number of benzene rings is 2. The van der Waals surface area contributed by atoms with Crippen molar-refractivity contribution in [2.75, 3.05) is 32.2 Å². The van der Waals surface area contributed by atoms with Gasteiger partial charge >= 0.3 is 6.09 Å². The number of methoxy groups -OCH3 is 1. The second kappa shape index (κ2) is 13.4. The third kappa shape index (κ3) is 8.62. The molecule has 3 amide bonds. The first kappa shape index (κ1) is 29.3. The zero-order chi connectivity index (χ0) is 27.6. The Balaban J connectivity index is 2.45. The number of carbonyl (C=O) groups is 3. The summed E-state index contributed by atoms with van der Waals surface area (Å²) in [5.74, 6) is -0.743. The highest BCUT2D eigenvalue weighted by molar-refractivity contribution is 5.99. The summed E-state index contributed by atoms with van der Waals surface area (Å²) in [6.45, 7) is 7.27. The zero-order valence-corrected chi connectivity index (χ0v) is 21.6. The predicted octanol–water partition coefficient (Wildman–Crippen LogP) is 2.72. The molecule has 0 fully saturated rings. The Kier molecular flexibility index (Phi) is 10.6. The number of hydrogen-bond donors (Lipinski definition) is 4. The topological polar surface area (TPSA) is 137 Å². The number of carbonyl (C=O) groups excluding carboxylic acids is 3. The van der Waals surface area contributed by atoms with Crippen LogP contribution in [0, 0.1) is 0 Å². The van der Waals surface area contributed by atoms with E-state index in [-0.39, 0.29) is 6.54 Å². The third-order valence-corrected chi connectivity index (χ3v) is 5.18. The predicted molar refractivity (Wildman–Crippen MR) is 140 cm³/mol. The van der Waals surface area contributed by atoms with Crippen molar-refractivity contribution in [3.63, 3.8) is 0 Å². The summed E-state index contributed by atoms with van der Waals surface area (Å²) < 4.78 is 10.3. The van der Waals surface area contributed by atoms with Gasteiger partial charge in [0.05, 0.1) is 20.3 Å². The monoisotopic (exact) mass is 513 g/mol. The Morgan fingerprint density at radius 3 is 2.32 bits per heavy atom. The molecule has 0 aliphatic heterocycles. The summed E-state index contributed by atoms with van der Waals surface area (Å²) in [6.07, 6.45) is 0.692. The lowest BCUT2D eigenvalue weighted by Crippen LogP contribution is -2.54. The average Bonchev–Trinajstić information content (AvgIpc) is 2.86. The van der Waals surface area contributed by atoms with Crippen LogP contribution in [0.5, 0.6) is 5.75 Å². The van der Waals surface area contributed by atoms with E-state index >= 15 is 0 Å². The molecule has 0 saturated heterocycles. The molecule has 0 heterocycles. The van der Waals surface area contributed by atoms with Crippen LogP contribution in [-0.2, 0) is 14.3 Å². The molecule has 4 N–H and O–H groups in total. The minimum atomic E-state index is -1.42. The molecule has 0 radical (unpaired) electrons. The molecular formula is C27H35N3O7. The van der Waals surface area contributed by atoms with E-state index in [2.05, 4.69) is 17.2 Å². The number of rotatable bonds is 11. The van der Waals surface area contributed by atoms with Crippen molar-refractivity contribution < 1.29 is 34.1 Å². The normalized spacial score (nSPS) is 12.6. The second-order valence-electron chi connectivity index (χ2n) is 9.13. The van der Waals surface area contributed by atoms with Crippen molar-refractivity contribution >= 4 is 29.7 Å². The first-order valence-corrected chi connectivity index (χ1v) is 11.7. The van der Waals surface area contributed by atoms with Crippen LogP contribution in [0.4, 0.5) is 10.5 Å². The van der Waals surface area contributed by atoms with E-state index in [9.17, 15) is 24.6 Å². The highest BCUT2D eigenvalue weighted by Crippen LogP contribution is 2.26. The van der Waals surface area contributed by atoms with Crippen molar-refractivity contribution in [2.24, 2.45) is 0 Å². The number of alkyl carbamates (subject to hydrolysis) is 1. The van der Waals surface area contributed by atoms with Crippen LogP contribution in [0.3, 0.4) is 0 Å². The first-order chi connectivity index (χ1) is 17.5. The lowest BCUT2D eigenvalue weighted by atomic mass is 10.00. The van der Waals surface area contributed by atoms with E-state index in [0.29, 0.717) is 22.6 Å². The number of amides is 3. The number of aliphatic hydroxyl groups excluding tert-OH is 2. The fourth-order valence-corrected chi connectivity index (χ4v) is 3.52. The van der Waals surface area contributed by atoms with Gasteiger partial charge in [0.1, 0.15) is 23.4 Å². The Hall–Kier alpha value is -3.89. The van der Waals surface area contributed by atoms with Gasteiger partial charge in [0.25, 0.3) is 5.91 Å². The van der Waals surface area contributed by atoms with Crippen LogP contribution in [0.1, 0.15) is 37.9 Å². The van der Waals surface area contributed by atoms with E-state index in [0.717, 1.165) is 4.90 Å². The standard InChI is InChI=1S/C27H35N3O7/c1-6-18-8-7-9-19(16-18)23(24(33)28-20-10-12-21(36-5)13-11-20)30(14-15-31)25(34)22(17-32)29-26(35)37-27(2,3)4/h6-13,16,22-23,31-32H,1,14-15,17H2,2-5H3,(H,28,33)(H,29,35). The van der Waals surface area contributed by atoms with Gasteiger partial charge in [0, 0.05) is 12.2 Å². The molecule has 200 valence electrons. The van der Waals surface area contributed by atoms with Gasteiger partial charge in [-0.2, -0.15) is 0 Å². The molecule has 2 aromatic carbocycles. The second-order valence-corrected chi connectivity index (χ2v) is 9.13. The Bertz CT molecular complexity index is 1080. The third-order valence-electron chi connectivity index (χ3n) is 5.18. The molecule has 0 aliphatic rings. The first-order valence-electron chi connectivity index (χ1n) is 11.7. The van der Waals surface area contributed by atoms with Gasteiger partial charge in [-0.25, -0.2) is 4.79 Å². The highest BCUT2D eigenvalue weighted by atomic mass is 16.6. The molecule has 0 aromatic heterocycles. The van der Waals surface area contributed by atoms with Crippen LogP contribution in [0.15, 0.2) is 55.1 Å². The quantitative estimate of drug-likeness (QED) is 0.363. The van der Waals surface area contributed by atoms with Gasteiger partial charge < -0.3 is 35.2 Å². The van der Waals surface area contributed by atoms with E-state index in [1.807, 2.05) is 0 Å². The fourth-order valence-electron chi connectivity index (χ4n) is 3.52. The number of nitrogens with zero attached hydrogens (tertiary/aromatic N) is 1. The van der Waals surface area contributed by atoms with Gasteiger partial charge in [-0.05, 0) is 62.2 Å². The molecule has 10 nitrogen and oxygen atoms in total. The van der Waals surface area contributed by atoms with Crippen molar-refractivity contribution in [2.45, 2.75) is 38.5 Å². The van der Waals surface area contributed by atoms with Crippen LogP contribution in [0.25, 0.3) is 6.08 Å². The molecule has 0 saturated carbocycles. The molecule has 0 aliphatic carbocycles. The zero-order valence-electron chi connectivity index (χ0n) is 21.6. The van der Waals surface area contributed by atoms with Gasteiger partial charge in [0.15, 0.2) is 0 Å². The Morgan fingerprint density at radius 2 is 1.78 bits per heavy atom. The molecule has 2 unspecified atom stereocenters. The summed E-state index contributed by atoms with van der Waals surface area (Å²) in [5, 5.41) is 24.8. The van der Waals surface area contributed by atoms with Crippen LogP contribution in [0.2, 0.25) is 0 Å². The van der Waals surface area contributed by atoms with Crippen molar-refractivity contribution in [1.82, 2.24) is 10.2 Å². The van der Waals surface area contributed by atoms with Crippen molar-refractivity contribution in [3.05, 3.63) is 66.2 Å². The molecule has 2 rings (SSSR count). The number of ether oxygens (including phenoxy) is 2. The van der Waals surface area contributed by atoms with Gasteiger partial charge in [0.2, 0.25) is 5.91 Å². The molecule has 0 bridgehead atoms. The van der Waals surface area contributed by atoms with Gasteiger partial charge in [-0.15, -0.1) is 0 Å². The minimum absolute atomic E-state index is 0.246. The lowest BCUT2D eigenvalue weighted by Gasteiger charge is -2.33. The smallest absolute Gasteiger partial charge is 0.408 e. The molecule has 2 atom stereocenters. The van der Waals surface area contributed by atoms with Crippen LogP contribution in [-0.4, -0.2) is 71.5 Å². The maximum Gasteiger partial charge on any atom is 0.408 e. The summed E-state index contributed by atoms with van der Waals surface area (Å²) in [7, 11) is 1.53. The van der Waals surface area contributed by atoms with Crippen molar-refractivity contribution in [1.29, 1.82) is 0 Å². The van der Waals surface area contributed by atoms with E-state index in [1.54, 1.807) is 75.4 Å². The van der Waals surface area contributed by atoms with Gasteiger partial charge in [-0.3, -0.25) is 9.59 Å². The van der Waals surface area contributed by atoms with Crippen molar-refractivity contribution in [3.8, 4) is 5.75 Å². The van der Waals surface area contributed by atoms with E-state index in [4.69, 9.17) is 9.47 Å². The number of hydrogen-bond acceptors (Lipinski definition) is 7. The minimum Gasteiger partial charge on any atom is -0.497 e. The molecule has 0 spiro atoms. The van der Waals surface area contributed by atoms with Crippen LogP contribution < -0.4 is 15.4 Å². The number of nitrogens with one attached hydrogen (secondary N) is 2. The van der Waals surface area contributed by atoms with E-state index < -0.39 is 48.8 Å². The summed E-state index contributed by atoms with van der Waals surface area (Å²) >= 11 is 0. The molecule has 10 heteroatoms. The number of anilines is 1. The largest absolute Gasteiger partial charge is 0.497 e.